The molecule has 1 aromatic heterocycles. The fourth-order valence-electron chi connectivity index (χ4n) is 2.13. The summed E-state index contributed by atoms with van der Waals surface area (Å²) in [6.45, 7) is 0.211. The first-order chi connectivity index (χ1) is 10.2. The number of carbonyl (C=O) groups excluding carboxylic acids is 2. The van der Waals surface area contributed by atoms with Crippen LogP contribution in [0.2, 0.25) is 0 Å². The molecule has 2 heterocycles. The van der Waals surface area contributed by atoms with Gasteiger partial charge < -0.3 is 10.1 Å². The van der Waals surface area contributed by atoms with Gasteiger partial charge >= 0.3 is 5.97 Å². The molecule has 1 N–H and O–H groups in total. The summed E-state index contributed by atoms with van der Waals surface area (Å²) in [5, 5.41) is 3.55. The van der Waals surface area contributed by atoms with Gasteiger partial charge in [-0.3, -0.25) is 4.79 Å². The van der Waals surface area contributed by atoms with E-state index in [1.165, 1.54) is 17.5 Å². The fraction of sp³-hybridized carbons (Fsp3) is 0.267. The van der Waals surface area contributed by atoms with Gasteiger partial charge in [0.15, 0.2) is 0 Å². The van der Waals surface area contributed by atoms with Crippen LogP contribution in [0.4, 0.5) is 0 Å². The second kappa shape index (κ2) is 6.05. The van der Waals surface area contributed by atoms with E-state index in [2.05, 4.69) is 10.3 Å². The van der Waals surface area contributed by atoms with Crippen LogP contribution in [0.25, 0.3) is 10.6 Å². The minimum Gasteiger partial charge on any atom is -0.459 e. The molecule has 1 aliphatic heterocycles. The van der Waals surface area contributed by atoms with Gasteiger partial charge in [-0.2, -0.15) is 0 Å². The van der Waals surface area contributed by atoms with E-state index in [1.54, 1.807) is 0 Å². The maximum absolute atomic E-state index is 12.0. The molecule has 108 valence electrons. The largest absolute Gasteiger partial charge is 0.459 e. The number of nitrogens with zero attached hydrogens (tertiary/aromatic N) is 1. The summed E-state index contributed by atoms with van der Waals surface area (Å²) < 4.78 is 5.23. The Morgan fingerprint density at radius 3 is 2.90 bits per heavy atom. The first-order valence-corrected chi connectivity index (χ1v) is 7.52. The van der Waals surface area contributed by atoms with E-state index in [0.29, 0.717) is 17.7 Å². The standard InChI is InChI=1S/C15H14N2O3S/c18-13-7-6-11(17-13)9-20-15(19)12-8-16-14(21-12)10-4-2-1-3-5-10/h1-5,8,11H,6-7,9H2,(H,17,18). The van der Waals surface area contributed by atoms with Crippen LogP contribution >= 0.6 is 11.3 Å². The lowest BCUT2D eigenvalue weighted by atomic mass is 10.2. The Kier molecular flexibility index (Phi) is 3.96. The number of aromatic nitrogens is 1. The Morgan fingerprint density at radius 2 is 2.19 bits per heavy atom. The van der Waals surface area contributed by atoms with Crippen LogP contribution in [-0.4, -0.2) is 29.5 Å². The molecule has 0 bridgehead atoms. The summed E-state index contributed by atoms with van der Waals surface area (Å²) >= 11 is 1.30. The highest BCUT2D eigenvalue weighted by molar-refractivity contribution is 7.16. The van der Waals surface area contributed by atoms with E-state index in [4.69, 9.17) is 4.74 Å². The average molecular weight is 302 g/mol. The minimum atomic E-state index is -0.393. The number of esters is 1. The summed E-state index contributed by atoms with van der Waals surface area (Å²) in [7, 11) is 0. The molecule has 0 spiro atoms. The molecular weight excluding hydrogens is 288 g/mol. The number of hydrogen-bond acceptors (Lipinski definition) is 5. The number of hydrogen-bond donors (Lipinski definition) is 1. The van der Waals surface area contributed by atoms with E-state index in [9.17, 15) is 9.59 Å². The molecule has 0 aliphatic carbocycles. The van der Waals surface area contributed by atoms with E-state index in [1.807, 2.05) is 30.3 Å². The normalized spacial score (nSPS) is 17.5. The summed E-state index contributed by atoms with van der Waals surface area (Å²) in [4.78, 5) is 27.7. The molecule has 3 rings (SSSR count). The Labute approximate surface area is 126 Å². The van der Waals surface area contributed by atoms with Gasteiger partial charge in [0.2, 0.25) is 5.91 Å². The molecule has 1 unspecified atom stereocenters. The zero-order valence-corrected chi connectivity index (χ0v) is 12.1. The first kappa shape index (κ1) is 13.8. The lowest BCUT2D eigenvalue weighted by Gasteiger charge is -2.09. The molecule has 0 saturated carbocycles. The SMILES string of the molecule is O=C1CCC(COC(=O)c2cnc(-c3ccccc3)s2)N1. The number of rotatable bonds is 4. The molecule has 1 aliphatic rings. The van der Waals surface area contributed by atoms with Crippen molar-refractivity contribution in [3.8, 4) is 10.6 Å². The van der Waals surface area contributed by atoms with E-state index in [0.717, 1.165) is 10.6 Å². The third-order valence-electron chi connectivity index (χ3n) is 3.23. The number of benzene rings is 1. The fourth-order valence-corrected chi connectivity index (χ4v) is 2.95. The van der Waals surface area contributed by atoms with Gasteiger partial charge in [-0.25, -0.2) is 9.78 Å². The maximum Gasteiger partial charge on any atom is 0.350 e. The second-order valence-electron chi connectivity index (χ2n) is 4.80. The number of thiazole rings is 1. The van der Waals surface area contributed by atoms with Gasteiger partial charge in [0.05, 0.1) is 12.2 Å². The van der Waals surface area contributed by atoms with Crippen molar-refractivity contribution < 1.29 is 14.3 Å². The Morgan fingerprint density at radius 1 is 1.38 bits per heavy atom. The van der Waals surface area contributed by atoms with Crippen molar-refractivity contribution in [3.63, 3.8) is 0 Å². The van der Waals surface area contributed by atoms with Gasteiger partial charge in [-0.15, -0.1) is 11.3 Å². The van der Waals surface area contributed by atoms with Gasteiger partial charge in [0.25, 0.3) is 0 Å². The van der Waals surface area contributed by atoms with Crippen molar-refractivity contribution in [2.45, 2.75) is 18.9 Å². The third kappa shape index (κ3) is 3.28. The third-order valence-corrected chi connectivity index (χ3v) is 4.25. The Balaban J connectivity index is 1.61. The van der Waals surface area contributed by atoms with Crippen LogP contribution in [0.3, 0.4) is 0 Å². The monoisotopic (exact) mass is 302 g/mol. The van der Waals surface area contributed by atoms with Gasteiger partial charge in [-0.05, 0) is 6.42 Å². The molecule has 6 heteroatoms. The van der Waals surface area contributed by atoms with E-state index in [-0.39, 0.29) is 18.6 Å². The molecule has 1 fully saturated rings. The summed E-state index contributed by atoms with van der Waals surface area (Å²) in [6, 6.07) is 9.62. The number of carbonyl (C=O) groups is 2. The van der Waals surface area contributed by atoms with Crippen LogP contribution < -0.4 is 5.32 Å². The van der Waals surface area contributed by atoms with Crippen molar-refractivity contribution in [3.05, 3.63) is 41.4 Å². The molecular formula is C15H14N2O3S. The minimum absolute atomic E-state index is 0.0141. The zero-order chi connectivity index (χ0) is 14.7. The highest BCUT2D eigenvalue weighted by Crippen LogP contribution is 2.25. The smallest absolute Gasteiger partial charge is 0.350 e. The predicted octanol–water partition coefficient (Wildman–Crippen LogP) is 2.25. The van der Waals surface area contributed by atoms with Crippen LogP contribution in [0.5, 0.6) is 0 Å². The van der Waals surface area contributed by atoms with E-state index < -0.39 is 5.97 Å². The maximum atomic E-state index is 12.0. The topological polar surface area (TPSA) is 68.3 Å². The predicted molar refractivity (Wildman–Crippen MR) is 79.0 cm³/mol. The lowest BCUT2D eigenvalue weighted by molar-refractivity contribution is -0.119. The van der Waals surface area contributed by atoms with Crippen LogP contribution in [0.1, 0.15) is 22.5 Å². The molecule has 1 amide bonds. The molecule has 0 radical (unpaired) electrons. The molecule has 5 nitrogen and oxygen atoms in total. The molecule has 1 saturated heterocycles. The van der Waals surface area contributed by atoms with Crippen molar-refractivity contribution in [1.82, 2.24) is 10.3 Å². The highest BCUT2D eigenvalue weighted by atomic mass is 32.1. The zero-order valence-electron chi connectivity index (χ0n) is 11.2. The summed E-state index contributed by atoms with van der Waals surface area (Å²) in [6.07, 6.45) is 2.74. The van der Waals surface area contributed by atoms with Crippen LogP contribution in [0, 0.1) is 0 Å². The molecule has 1 aromatic carbocycles. The number of amides is 1. The van der Waals surface area contributed by atoms with Crippen molar-refractivity contribution >= 4 is 23.2 Å². The lowest BCUT2D eigenvalue weighted by Crippen LogP contribution is -2.30. The van der Waals surface area contributed by atoms with Crippen molar-refractivity contribution in [1.29, 1.82) is 0 Å². The molecule has 1 atom stereocenters. The first-order valence-electron chi connectivity index (χ1n) is 6.70. The van der Waals surface area contributed by atoms with Gasteiger partial charge in [0.1, 0.15) is 16.5 Å². The molecule has 21 heavy (non-hydrogen) atoms. The van der Waals surface area contributed by atoms with Crippen LogP contribution in [0.15, 0.2) is 36.5 Å². The molecule has 2 aromatic rings. The van der Waals surface area contributed by atoms with Gasteiger partial charge in [0, 0.05) is 12.0 Å². The number of ether oxygens (including phenoxy) is 1. The van der Waals surface area contributed by atoms with Crippen molar-refractivity contribution in [2.75, 3.05) is 6.61 Å². The van der Waals surface area contributed by atoms with E-state index >= 15 is 0 Å². The average Bonchev–Trinajstić information content (AvgIpc) is 3.15. The van der Waals surface area contributed by atoms with Gasteiger partial charge in [-0.1, -0.05) is 30.3 Å². The Hall–Kier alpha value is -2.21. The summed E-state index contributed by atoms with van der Waals surface area (Å²) in [5.41, 5.74) is 0.976. The Bertz CT molecular complexity index is 654. The second-order valence-corrected chi connectivity index (χ2v) is 5.83. The number of nitrogens with one attached hydrogen (secondary N) is 1. The summed E-state index contributed by atoms with van der Waals surface area (Å²) in [5.74, 6) is -0.379. The highest BCUT2D eigenvalue weighted by Gasteiger charge is 2.22. The van der Waals surface area contributed by atoms with Crippen molar-refractivity contribution in [2.24, 2.45) is 0 Å². The van der Waals surface area contributed by atoms with Crippen LogP contribution in [-0.2, 0) is 9.53 Å². The quantitative estimate of drug-likeness (QED) is 0.880.